The van der Waals surface area contributed by atoms with E-state index in [1.807, 2.05) is 0 Å². The van der Waals surface area contributed by atoms with Crippen LogP contribution in [0.1, 0.15) is 50.9 Å². The summed E-state index contributed by atoms with van der Waals surface area (Å²) in [4.78, 5) is 10.9. The van der Waals surface area contributed by atoms with Crippen LogP contribution in [0.3, 0.4) is 0 Å². The Hall–Kier alpha value is -0.770. The molecule has 1 N–H and O–H groups in total. The smallest absolute Gasteiger partial charge is 0.124 e. The molecule has 5 heteroatoms. The lowest BCUT2D eigenvalue weighted by Gasteiger charge is -2.34. The topological polar surface area (TPSA) is 31.9 Å². The third-order valence-corrected chi connectivity index (χ3v) is 4.14. The maximum Gasteiger partial charge on any atom is 0.124 e. The summed E-state index contributed by atoms with van der Waals surface area (Å²) in [5.74, 6) is 1.16. The van der Waals surface area contributed by atoms with E-state index in [0.717, 1.165) is 11.3 Å². The number of hydrogen-bond donors (Lipinski definition) is 1. The summed E-state index contributed by atoms with van der Waals surface area (Å²) in [6.45, 7) is 4.69. The van der Waals surface area contributed by atoms with Gasteiger partial charge in [0.25, 0.3) is 0 Å². The number of aromatic nitrogens is 2. The SMILES string of the molecule is CCCCN1CCCC[C@H]1c1nc2ccccc2[nH]1.Cl.Cl. The van der Waals surface area contributed by atoms with E-state index in [-0.39, 0.29) is 24.8 Å². The molecule has 1 aliphatic heterocycles. The quantitative estimate of drug-likeness (QED) is 0.878. The Morgan fingerprint density at radius 3 is 2.81 bits per heavy atom. The molecule has 0 bridgehead atoms. The number of nitrogens with zero attached hydrogens (tertiary/aromatic N) is 2. The Balaban J connectivity index is 0.00000110. The Bertz CT molecular complexity index is 508. The van der Waals surface area contributed by atoms with Gasteiger partial charge in [0.05, 0.1) is 17.1 Å². The van der Waals surface area contributed by atoms with E-state index in [4.69, 9.17) is 4.98 Å². The minimum atomic E-state index is 0. The number of unbranched alkanes of at least 4 members (excludes halogenated alkanes) is 1. The zero-order valence-electron chi connectivity index (χ0n) is 12.5. The minimum Gasteiger partial charge on any atom is -0.341 e. The van der Waals surface area contributed by atoms with E-state index in [9.17, 15) is 0 Å². The van der Waals surface area contributed by atoms with E-state index < -0.39 is 0 Å². The van der Waals surface area contributed by atoms with Crippen LogP contribution in [0.5, 0.6) is 0 Å². The first-order valence-electron chi connectivity index (χ1n) is 7.57. The van der Waals surface area contributed by atoms with E-state index in [0.29, 0.717) is 6.04 Å². The minimum absolute atomic E-state index is 0. The summed E-state index contributed by atoms with van der Waals surface area (Å²) in [5, 5.41) is 0. The number of imidazole rings is 1. The first kappa shape index (κ1) is 18.3. The van der Waals surface area contributed by atoms with Gasteiger partial charge in [-0.3, -0.25) is 4.90 Å². The zero-order chi connectivity index (χ0) is 13.1. The third kappa shape index (κ3) is 4.12. The van der Waals surface area contributed by atoms with Gasteiger partial charge in [0.2, 0.25) is 0 Å². The van der Waals surface area contributed by atoms with Gasteiger partial charge in [-0.1, -0.05) is 31.9 Å². The second-order valence-corrected chi connectivity index (χ2v) is 5.54. The van der Waals surface area contributed by atoms with Gasteiger partial charge in [-0.05, 0) is 44.5 Å². The van der Waals surface area contributed by atoms with Gasteiger partial charge in [0, 0.05) is 0 Å². The fraction of sp³-hybridized carbons (Fsp3) is 0.562. The summed E-state index contributed by atoms with van der Waals surface area (Å²) in [5.41, 5.74) is 2.26. The van der Waals surface area contributed by atoms with Gasteiger partial charge in [0.1, 0.15) is 5.82 Å². The molecular formula is C16H25Cl2N3. The highest BCUT2D eigenvalue weighted by molar-refractivity contribution is 5.85. The number of hydrogen-bond acceptors (Lipinski definition) is 2. The molecule has 0 aliphatic carbocycles. The van der Waals surface area contributed by atoms with Crippen LogP contribution in [0.2, 0.25) is 0 Å². The number of benzene rings is 1. The first-order chi connectivity index (χ1) is 9.38. The molecule has 0 spiro atoms. The second-order valence-electron chi connectivity index (χ2n) is 5.54. The molecule has 2 aromatic rings. The molecule has 0 unspecified atom stereocenters. The standard InChI is InChI=1S/C16H23N3.2ClH/c1-2-3-11-19-12-7-6-10-15(19)16-17-13-8-4-5-9-14(13)18-16;;/h4-5,8-9,15H,2-3,6-7,10-12H2,1H3,(H,17,18);2*1H/t15-;;/m0../s1. The second kappa shape index (κ2) is 8.62. The fourth-order valence-electron chi connectivity index (χ4n) is 3.06. The molecule has 1 atom stereocenters. The predicted octanol–water partition coefficient (Wildman–Crippen LogP) is 4.73. The lowest BCUT2D eigenvalue weighted by Crippen LogP contribution is -2.34. The summed E-state index contributed by atoms with van der Waals surface area (Å²) >= 11 is 0. The molecule has 3 rings (SSSR count). The first-order valence-corrected chi connectivity index (χ1v) is 7.57. The van der Waals surface area contributed by atoms with Crippen LogP contribution in [0.4, 0.5) is 0 Å². The van der Waals surface area contributed by atoms with Crippen molar-refractivity contribution in [3.05, 3.63) is 30.1 Å². The van der Waals surface area contributed by atoms with Gasteiger partial charge in [0.15, 0.2) is 0 Å². The number of rotatable bonds is 4. The van der Waals surface area contributed by atoms with Crippen molar-refractivity contribution in [2.24, 2.45) is 0 Å². The fourth-order valence-corrected chi connectivity index (χ4v) is 3.06. The van der Waals surface area contributed by atoms with Gasteiger partial charge in [-0.2, -0.15) is 0 Å². The van der Waals surface area contributed by atoms with Crippen molar-refractivity contribution in [2.45, 2.75) is 45.1 Å². The Morgan fingerprint density at radius 2 is 2.05 bits per heavy atom. The predicted molar refractivity (Wildman–Crippen MR) is 93.7 cm³/mol. The summed E-state index contributed by atoms with van der Waals surface area (Å²) < 4.78 is 0. The van der Waals surface area contributed by atoms with Crippen LogP contribution < -0.4 is 0 Å². The molecule has 21 heavy (non-hydrogen) atoms. The van der Waals surface area contributed by atoms with Gasteiger partial charge in [-0.25, -0.2) is 4.98 Å². The van der Waals surface area contributed by atoms with Crippen molar-refractivity contribution >= 4 is 35.8 Å². The van der Waals surface area contributed by atoms with Crippen molar-refractivity contribution in [1.29, 1.82) is 0 Å². The van der Waals surface area contributed by atoms with E-state index >= 15 is 0 Å². The molecule has 1 fully saturated rings. The van der Waals surface area contributed by atoms with Crippen LogP contribution in [0, 0.1) is 0 Å². The number of para-hydroxylation sites is 2. The van der Waals surface area contributed by atoms with E-state index in [1.165, 1.54) is 50.7 Å². The number of halogens is 2. The number of H-pyrrole nitrogens is 1. The average Bonchev–Trinajstić information content (AvgIpc) is 2.89. The largest absolute Gasteiger partial charge is 0.341 e. The van der Waals surface area contributed by atoms with Crippen molar-refractivity contribution in [3.8, 4) is 0 Å². The van der Waals surface area contributed by atoms with Gasteiger partial charge >= 0.3 is 0 Å². The van der Waals surface area contributed by atoms with Crippen LogP contribution in [0.15, 0.2) is 24.3 Å². The summed E-state index contributed by atoms with van der Waals surface area (Å²) in [6, 6.07) is 8.83. The van der Waals surface area contributed by atoms with Crippen molar-refractivity contribution in [3.63, 3.8) is 0 Å². The number of likely N-dealkylation sites (tertiary alicyclic amines) is 1. The molecule has 1 aromatic carbocycles. The van der Waals surface area contributed by atoms with Crippen LogP contribution in [-0.2, 0) is 0 Å². The molecule has 1 saturated heterocycles. The highest BCUT2D eigenvalue weighted by Gasteiger charge is 2.25. The molecule has 2 heterocycles. The highest BCUT2D eigenvalue weighted by Crippen LogP contribution is 2.30. The average molecular weight is 330 g/mol. The summed E-state index contributed by atoms with van der Waals surface area (Å²) in [6.07, 6.45) is 6.45. The van der Waals surface area contributed by atoms with Gasteiger partial charge < -0.3 is 4.98 Å². The Labute approximate surface area is 139 Å². The molecule has 1 aromatic heterocycles. The number of nitrogens with one attached hydrogen (secondary N) is 1. The molecule has 3 nitrogen and oxygen atoms in total. The molecular weight excluding hydrogens is 305 g/mol. The Kier molecular flexibility index (Phi) is 7.50. The maximum atomic E-state index is 4.80. The lowest BCUT2D eigenvalue weighted by atomic mass is 10.0. The van der Waals surface area contributed by atoms with Crippen LogP contribution in [0.25, 0.3) is 11.0 Å². The number of piperidine rings is 1. The van der Waals surface area contributed by atoms with E-state index in [1.54, 1.807) is 0 Å². The number of fused-ring (bicyclic) bond motifs is 1. The lowest BCUT2D eigenvalue weighted by molar-refractivity contribution is 0.141. The highest BCUT2D eigenvalue weighted by atomic mass is 35.5. The third-order valence-electron chi connectivity index (χ3n) is 4.14. The Morgan fingerprint density at radius 1 is 1.24 bits per heavy atom. The summed E-state index contributed by atoms with van der Waals surface area (Å²) in [7, 11) is 0. The normalized spacial score (nSPS) is 19.0. The molecule has 0 saturated carbocycles. The molecule has 0 radical (unpaired) electrons. The monoisotopic (exact) mass is 329 g/mol. The molecule has 0 amide bonds. The van der Waals surface area contributed by atoms with Crippen molar-refractivity contribution in [1.82, 2.24) is 14.9 Å². The van der Waals surface area contributed by atoms with Crippen LogP contribution in [-0.4, -0.2) is 28.0 Å². The maximum absolute atomic E-state index is 4.80. The van der Waals surface area contributed by atoms with Crippen molar-refractivity contribution in [2.75, 3.05) is 13.1 Å². The number of aromatic amines is 1. The van der Waals surface area contributed by atoms with Gasteiger partial charge in [-0.15, -0.1) is 24.8 Å². The molecule has 1 aliphatic rings. The van der Waals surface area contributed by atoms with Crippen LogP contribution >= 0.6 is 24.8 Å². The molecule has 118 valence electrons. The zero-order valence-corrected chi connectivity index (χ0v) is 14.2. The van der Waals surface area contributed by atoms with Crippen molar-refractivity contribution < 1.29 is 0 Å². The van der Waals surface area contributed by atoms with E-state index in [2.05, 4.69) is 41.1 Å².